The molecule has 0 fully saturated rings. The van der Waals surface area contributed by atoms with Crippen LogP contribution in [-0.4, -0.2) is 41.3 Å². The molecule has 0 spiro atoms. The zero-order valence-corrected chi connectivity index (χ0v) is 20.0. The molecule has 1 N–H and O–H groups in total. The van der Waals surface area contributed by atoms with Gasteiger partial charge >= 0.3 is 12.4 Å². The second kappa shape index (κ2) is 11.8. The van der Waals surface area contributed by atoms with Gasteiger partial charge in [-0.05, 0) is 12.1 Å². The molecule has 16 heteroatoms. The molecule has 0 aliphatic carbocycles. The molecule has 0 saturated heterocycles. The number of rotatable bonds is 4. The van der Waals surface area contributed by atoms with Crippen molar-refractivity contribution in [2.75, 3.05) is 0 Å². The van der Waals surface area contributed by atoms with Gasteiger partial charge in [-0.3, -0.25) is 14.8 Å². The summed E-state index contributed by atoms with van der Waals surface area (Å²) in [6.07, 6.45) is -2.11. The first-order valence-electron chi connectivity index (χ1n) is 9.98. The highest BCUT2D eigenvalue weighted by Crippen LogP contribution is 2.31. The number of aldehydes is 1. The van der Waals surface area contributed by atoms with Crippen LogP contribution in [0.2, 0.25) is 10.0 Å². The fourth-order valence-corrected chi connectivity index (χ4v) is 3.18. The number of aliphatic hydroxyl groups is 1. The number of aromatic nitrogens is 6. The lowest BCUT2D eigenvalue weighted by Crippen LogP contribution is -2.10. The number of carbonyl (C=O) groups is 1. The van der Waals surface area contributed by atoms with Crippen molar-refractivity contribution in [1.29, 1.82) is 0 Å². The van der Waals surface area contributed by atoms with Crippen molar-refractivity contribution >= 4 is 29.5 Å². The van der Waals surface area contributed by atoms with Crippen LogP contribution >= 0.6 is 23.2 Å². The van der Waals surface area contributed by atoms with Crippen LogP contribution < -0.4 is 0 Å². The quantitative estimate of drug-likeness (QED) is 0.242. The normalized spacial score (nSPS) is 11.5. The standard InChI is InChI=1S/C11H7ClF3N3O.C11H5ClF3N3O/c2*12-9-4-16-7(5-19)1-8(9)6-2-17-10(18-3-6)11(13,14)15/h1-4,19H,5H2;1-5H. The van der Waals surface area contributed by atoms with Crippen LogP contribution in [0.4, 0.5) is 26.3 Å². The van der Waals surface area contributed by atoms with Crippen LogP contribution in [0.5, 0.6) is 0 Å². The summed E-state index contributed by atoms with van der Waals surface area (Å²) in [6.45, 7) is -0.300. The summed E-state index contributed by atoms with van der Waals surface area (Å²) in [6, 6.07) is 2.82. The minimum Gasteiger partial charge on any atom is -0.390 e. The first kappa shape index (κ1) is 28.8. The molecule has 0 atom stereocenters. The van der Waals surface area contributed by atoms with Gasteiger partial charge in [-0.25, -0.2) is 19.9 Å². The first-order chi connectivity index (χ1) is 17.8. The SMILES string of the molecule is O=Cc1cc(-c2cnc(C(F)(F)F)nc2)c(Cl)cn1.OCc1cc(-c2cnc(C(F)(F)F)nc2)c(Cl)cn1. The average molecular weight is 577 g/mol. The van der Waals surface area contributed by atoms with E-state index in [1.165, 1.54) is 24.5 Å². The van der Waals surface area contributed by atoms with Crippen LogP contribution in [-0.2, 0) is 19.0 Å². The Kier molecular flexibility index (Phi) is 8.91. The van der Waals surface area contributed by atoms with Crippen molar-refractivity contribution in [1.82, 2.24) is 29.9 Å². The highest BCUT2D eigenvalue weighted by molar-refractivity contribution is 6.33. The molecule has 4 aromatic heterocycles. The van der Waals surface area contributed by atoms with Gasteiger partial charge in [-0.1, -0.05) is 23.2 Å². The van der Waals surface area contributed by atoms with E-state index < -0.39 is 24.0 Å². The van der Waals surface area contributed by atoms with Crippen molar-refractivity contribution in [3.8, 4) is 22.3 Å². The van der Waals surface area contributed by atoms with E-state index in [-0.39, 0.29) is 27.9 Å². The molecule has 0 aromatic carbocycles. The molecule has 4 heterocycles. The Balaban J connectivity index is 0.000000211. The Morgan fingerprint density at radius 1 is 0.684 bits per heavy atom. The lowest BCUT2D eigenvalue weighted by atomic mass is 10.1. The van der Waals surface area contributed by atoms with Gasteiger partial charge in [0, 0.05) is 59.4 Å². The highest BCUT2D eigenvalue weighted by atomic mass is 35.5. The molecule has 0 aliphatic rings. The molecule has 0 unspecified atom stereocenters. The summed E-state index contributed by atoms with van der Waals surface area (Å²) in [4.78, 5) is 31.1. The van der Waals surface area contributed by atoms with Crippen LogP contribution in [0.15, 0.2) is 49.3 Å². The van der Waals surface area contributed by atoms with Crippen LogP contribution in [0.1, 0.15) is 27.8 Å². The Bertz CT molecular complexity index is 1420. The van der Waals surface area contributed by atoms with E-state index in [1.807, 2.05) is 0 Å². The minimum atomic E-state index is -4.60. The van der Waals surface area contributed by atoms with Gasteiger partial charge in [0.1, 0.15) is 5.69 Å². The van der Waals surface area contributed by atoms with Gasteiger partial charge in [0.15, 0.2) is 6.29 Å². The van der Waals surface area contributed by atoms with E-state index in [0.29, 0.717) is 28.7 Å². The third kappa shape index (κ3) is 7.18. The Morgan fingerprint density at radius 3 is 1.50 bits per heavy atom. The van der Waals surface area contributed by atoms with Crippen molar-refractivity contribution in [3.63, 3.8) is 0 Å². The predicted molar refractivity (Wildman–Crippen MR) is 122 cm³/mol. The number of halogens is 8. The Labute approximate surface area is 219 Å². The maximum absolute atomic E-state index is 12.3. The summed E-state index contributed by atoms with van der Waals surface area (Å²) in [5.41, 5.74) is 1.79. The largest absolute Gasteiger partial charge is 0.451 e. The highest BCUT2D eigenvalue weighted by Gasteiger charge is 2.35. The number of alkyl halides is 6. The molecule has 0 bridgehead atoms. The number of hydrogen-bond donors (Lipinski definition) is 1. The molecule has 0 aliphatic heterocycles. The molecule has 0 amide bonds. The van der Waals surface area contributed by atoms with E-state index in [2.05, 4.69) is 29.9 Å². The molecule has 198 valence electrons. The van der Waals surface area contributed by atoms with Crippen LogP contribution in [0.25, 0.3) is 22.3 Å². The summed E-state index contributed by atoms with van der Waals surface area (Å²) < 4.78 is 73.9. The second-order valence-corrected chi connectivity index (χ2v) is 7.92. The molecule has 38 heavy (non-hydrogen) atoms. The van der Waals surface area contributed by atoms with Crippen molar-refractivity contribution in [2.45, 2.75) is 19.0 Å². The predicted octanol–water partition coefficient (Wildman–Crippen LogP) is 5.73. The summed E-state index contributed by atoms with van der Waals surface area (Å²) in [5.74, 6) is -2.46. The second-order valence-electron chi connectivity index (χ2n) is 7.11. The fraction of sp³-hybridized carbons (Fsp3) is 0.136. The molecule has 0 saturated carbocycles. The maximum atomic E-state index is 12.3. The lowest BCUT2D eigenvalue weighted by molar-refractivity contribution is -0.145. The van der Waals surface area contributed by atoms with Crippen LogP contribution in [0, 0.1) is 0 Å². The summed E-state index contributed by atoms with van der Waals surface area (Å²) in [5, 5.41) is 9.39. The molecule has 8 nitrogen and oxygen atoms in total. The Morgan fingerprint density at radius 2 is 1.11 bits per heavy atom. The van der Waals surface area contributed by atoms with E-state index in [9.17, 15) is 31.1 Å². The van der Waals surface area contributed by atoms with Gasteiger partial charge < -0.3 is 5.11 Å². The first-order valence-corrected chi connectivity index (χ1v) is 10.7. The summed E-state index contributed by atoms with van der Waals surface area (Å²) in [7, 11) is 0. The van der Waals surface area contributed by atoms with E-state index in [4.69, 9.17) is 28.3 Å². The van der Waals surface area contributed by atoms with Gasteiger partial charge in [0.05, 0.1) is 22.3 Å². The third-order valence-electron chi connectivity index (χ3n) is 4.50. The van der Waals surface area contributed by atoms with Gasteiger partial charge in [-0.2, -0.15) is 26.3 Å². The number of carbonyl (C=O) groups excluding carboxylic acids is 1. The topological polar surface area (TPSA) is 115 Å². The number of nitrogens with zero attached hydrogens (tertiary/aromatic N) is 6. The van der Waals surface area contributed by atoms with Gasteiger partial charge in [0.25, 0.3) is 0 Å². The number of pyridine rings is 2. The minimum absolute atomic E-state index is 0.110. The maximum Gasteiger partial charge on any atom is 0.451 e. The van der Waals surface area contributed by atoms with Crippen molar-refractivity contribution in [2.24, 2.45) is 0 Å². The van der Waals surface area contributed by atoms with E-state index in [1.54, 1.807) is 0 Å². The molecule has 4 rings (SSSR count). The zero-order valence-electron chi connectivity index (χ0n) is 18.5. The van der Waals surface area contributed by atoms with Crippen molar-refractivity contribution in [3.05, 3.63) is 82.4 Å². The lowest BCUT2D eigenvalue weighted by Gasteiger charge is -2.07. The third-order valence-corrected chi connectivity index (χ3v) is 5.11. The Hall–Kier alpha value is -3.75. The van der Waals surface area contributed by atoms with Gasteiger partial charge in [-0.15, -0.1) is 0 Å². The van der Waals surface area contributed by atoms with Gasteiger partial charge in [0.2, 0.25) is 11.6 Å². The number of hydrogen-bond acceptors (Lipinski definition) is 8. The molecule has 0 radical (unpaired) electrons. The van der Waals surface area contributed by atoms with Crippen molar-refractivity contribution < 1.29 is 36.2 Å². The molecular formula is C22H12Cl2F6N6O2. The zero-order chi connectivity index (χ0) is 28.1. The average Bonchev–Trinajstić information content (AvgIpc) is 2.89. The smallest absolute Gasteiger partial charge is 0.390 e. The fourth-order valence-electron chi connectivity index (χ4n) is 2.76. The van der Waals surface area contributed by atoms with E-state index >= 15 is 0 Å². The van der Waals surface area contributed by atoms with E-state index in [0.717, 1.165) is 24.8 Å². The molecule has 4 aromatic rings. The summed E-state index contributed by atoms with van der Waals surface area (Å²) >= 11 is 11.8. The molecular weight excluding hydrogens is 565 g/mol. The van der Waals surface area contributed by atoms with Crippen LogP contribution in [0.3, 0.4) is 0 Å². The monoisotopic (exact) mass is 576 g/mol. The number of aliphatic hydroxyl groups excluding tert-OH is 1.